The molecule has 40 heteroatoms. The minimum Gasteiger partial charge on any atom is -0.394 e. The SMILES string of the molecule is OC[C@@H]1O[C@@H]2O[C@H]3[C@H](O)[C@@H](O)[C@@H](O[C@H]4[C@@H](O)[C@H](O)[C@@H](O[C@H]5[C@@H](O)[C@H](O)[C@@H](O[C@H]6[C@H](O)[C@@H](O)[C@@H](O[C@H]7[C@@H](O)[C@H](O)[C@@H](O[C@H]8[C@H](O)[C@@H](O)[C@@H](O[C@H]9[C@H](O)[C@@H](O)[C@@H](O[C@H]1[C@H](O)[C@H]2O)O[C@@H]9CO)O[C@@H]8CO)O[C@@H]7CO)O[C@@H]6CO)O[C@@H]5C[n+]1ccccc1)O[C@@H]4CO)O[C@@H]3C[n+]1ccccc1. The van der Waals surface area contributed by atoms with Crippen LogP contribution < -0.4 is 9.13 Å². The van der Waals surface area contributed by atoms with Gasteiger partial charge in [-0.1, -0.05) is 12.1 Å². The molecule has 30 aliphatic heterocycles. The maximum atomic E-state index is 11.9. The van der Waals surface area contributed by atoms with E-state index in [0.29, 0.717) is 0 Å². The quantitative estimate of drug-likeness (QED) is 0.0982. The maximum Gasteiger partial charge on any atom is 0.187 e. The van der Waals surface area contributed by atoms with E-state index in [0.717, 1.165) is 0 Å². The molecule has 32 heterocycles. The van der Waals surface area contributed by atoms with Crippen molar-refractivity contribution in [3.8, 4) is 0 Å². The van der Waals surface area contributed by atoms with Crippen LogP contribution in [0.3, 0.4) is 0 Å². The fraction of sp³-hybridized carbons (Fsp3) is 0.828. The lowest BCUT2D eigenvalue weighted by molar-refractivity contribution is -0.707. The van der Waals surface area contributed by atoms with E-state index >= 15 is 0 Å². The number of ether oxygens (including phenoxy) is 16. The van der Waals surface area contributed by atoms with Crippen LogP contribution in [0.15, 0.2) is 61.2 Å². The van der Waals surface area contributed by atoms with Crippen molar-refractivity contribution in [3.63, 3.8) is 0 Å². The number of rotatable bonds is 10. The van der Waals surface area contributed by atoms with Gasteiger partial charge in [0.2, 0.25) is 0 Å². The zero-order valence-corrected chi connectivity index (χ0v) is 51.8. The molecule has 32 rings (SSSR count). The van der Waals surface area contributed by atoms with Crippen LogP contribution in [-0.4, -0.2) is 398 Å². The zero-order valence-electron chi connectivity index (χ0n) is 51.8. The summed E-state index contributed by atoms with van der Waals surface area (Å²) in [6.45, 7) is -6.85. The molecule has 556 valence electrons. The van der Waals surface area contributed by atoms with E-state index in [9.17, 15) is 112 Å². The Labute approximate surface area is 555 Å². The van der Waals surface area contributed by atoms with E-state index in [4.69, 9.17) is 75.8 Å². The van der Waals surface area contributed by atoms with Crippen LogP contribution >= 0.6 is 0 Å². The first kappa shape index (κ1) is 75.9. The number of aliphatic hydroxyl groups excluding tert-OH is 22. The van der Waals surface area contributed by atoms with E-state index in [1.807, 2.05) is 0 Å². The molecule has 0 unspecified atom stereocenters. The second kappa shape index (κ2) is 32.8. The molecule has 0 aromatic carbocycles. The number of nitrogens with zero attached hydrogens (tertiary/aromatic N) is 2. The smallest absolute Gasteiger partial charge is 0.187 e. The van der Waals surface area contributed by atoms with Crippen LogP contribution in [0.5, 0.6) is 0 Å². The molecule has 0 aliphatic carbocycles. The van der Waals surface area contributed by atoms with Gasteiger partial charge in [0.15, 0.2) is 88.2 Å². The summed E-state index contributed by atoms with van der Waals surface area (Å²) in [4.78, 5) is 0. The van der Waals surface area contributed by atoms with Gasteiger partial charge in [0.1, 0.15) is 195 Å². The van der Waals surface area contributed by atoms with Gasteiger partial charge >= 0.3 is 0 Å². The highest BCUT2D eigenvalue weighted by molar-refractivity contribution is 5.03. The van der Waals surface area contributed by atoms with Crippen molar-refractivity contribution in [3.05, 3.63) is 61.2 Å². The molecule has 16 bridgehead atoms. The third kappa shape index (κ3) is 15.5. The van der Waals surface area contributed by atoms with Crippen molar-refractivity contribution in [2.45, 2.75) is 259 Å². The van der Waals surface area contributed by atoms with E-state index in [2.05, 4.69) is 0 Å². The summed E-state index contributed by atoms with van der Waals surface area (Å²) >= 11 is 0. The minimum atomic E-state index is -2.24. The highest BCUT2D eigenvalue weighted by atomic mass is 16.8. The van der Waals surface area contributed by atoms with Gasteiger partial charge in [-0.3, -0.25) is 0 Å². The maximum absolute atomic E-state index is 11.9. The van der Waals surface area contributed by atoms with Crippen molar-refractivity contribution in [2.24, 2.45) is 0 Å². The van der Waals surface area contributed by atoms with Gasteiger partial charge in [-0.05, 0) is 0 Å². The van der Waals surface area contributed by atoms with Gasteiger partial charge in [-0.15, -0.1) is 0 Å². The zero-order chi connectivity index (χ0) is 70.3. The molecule has 0 saturated carbocycles. The minimum absolute atomic E-state index is 0.263. The Morgan fingerprint density at radius 2 is 0.327 bits per heavy atom. The normalized spacial score (nSPS) is 50.8. The fourth-order valence-electron chi connectivity index (χ4n) is 13.4. The topological polar surface area (TPSA) is 601 Å². The molecule has 2 aromatic rings. The first-order valence-corrected chi connectivity index (χ1v) is 31.8. The Bertz CT molecular complexity index is 2720. The van der Waals surface area contributed by atoms with Gasteiger partial charge in [0, 0.05) is 24.3 Å². The molecular formula is C58H88N2O38+2. The highest BCUT2D eigenvalue weighted by Gasteiger charge is 2.61. The summed E-state index contributed by atoms with van der Waals surface area (Å²) in [5.41, 5.74) is 0. The number of aromatic nitrogens is 2. The van der Waals surface area contributed by atoms with Crippen LogP contribution in [0.1, 0.15) is 0 Å². The predicted molar refractivity (Wildman–Crippen MR) is 300 cm³/mol. The lowest BCUT2D eigenvalue weighted by Crippen LogP contribution is -2.69. The van der Waals surface area contributed by atoms with Gasteiger partial charge < -0.3 is 188 Å². The molecule has 0 radical (unpaired) electrons. The largest absolute Gasteiger partial charge is 0.394 e. The van der Waals surface area contributed by atoms with E-state index < -0.39 is 285 Å². The third-order valence-electron chi connectivity index (χ3n) is 18.9. The molecule has 30 aliphatic rings. The molecule has 0 amide bonds. The lowest BCUT2D eigenvalue weighted by atomic mass is 9.94. The highest BCUT2D eigenvalue weighted by Crippen LogP contribution is 2.40. The van der Waals surface area contributed by atoms with Crippen molar-refractivity contribution in [1.82, 2.24) is 0 Å². The Balaban J connectivity index is 0.886. The summed E-state index contributed by atoms with van der Waals surface area (Å²) in [6, 6.07) is 9.80. The van der Waals surface area contributed by atoms with E-state index in [-0.39, 0.29) is 13.1 Å². The van der Waals surface area contributed by atoms with E-state index in [1.165, 1.54) is 9.13 Å². The van der Waals surface area contributed by atoms with Crippen LogP contribution in [-0.2, 0) is 88.9 Å². The Morgan fingerprint density at radius 3 is 0.480 bits per heavy atom. The summed E-state index contributed by atoms with van der Waals surface area (Å²) < 4.78 is 97.8. The third-order valence-corrected chi connectivity index (χ3v) is 18.9. The van der Waals surface area contributed by atoms with Gasteiger partial charge in [-0.2, -0.15) is 0 Å². The van der Waals surface area contributed by atoms with Crippen LogP contribution in [0.2, 0.25) is 0 Å². The first-order chi connectivity index (χ1) is 46.9. The van der Waals surface area contributed by atoms with Gasteiger partial charge in [0.25, 0.3) is 0 Å². The lowest BCUT2D eigenvalue weighted by Gasteiger charge is -2.50. The second-order valence-electron chi connectivity index (χ2n) is 25.2. The summed E-state index contributed by atoms with van der Waals surface area (Å²) in [7, 11) is 0. The average molecular weight is 1420 g/mol. The number of aliphatic hydroxyl groups is 22. The molecule has 2 aromatic heterocycles. The van der Waals surface area contributed by atoms with Crippen molar-refractivity contribution in [2.75, 3.05) is 39.6 Å². The Hall–Kier alpha value is -3.22. The van der Waals surface area contributed by atoms with Gasteiger partial charge in [0.05, 0.1) is 39.6 Å². The van der Waals surface area contributed by atoms with E-state index in [1.54, 1.807) is 61.2 Å². The fourth-order valence-corrected chi connectivity index (χ4v) is 13.4. The van der Waals surface area contributed by atoms with Crippen LogP contribution in [0, 0.1) is 0 Å². The Kier molecular flexibility index (Phi) is 25.4. The molecule has 30 saturated heterocycles. The first-order valence-electron chi connectivity index (χ1n) is 31.8. The molecule has 98 heavy (non-hydrogen) atoms. The average Bonchev–Trinajstić information content (AvgIpc) is 0.777. The van der Waals surface area contributed by atoms with Gasteiger partial charge in [-0.25, -0.2) is 9.13 Å². The molecule has 30 fully saturated rings. The summed E-state index contributed by atoms with van der Waals surface area (Å²) in [5.74, 6) is 0. The summed E-state index contributed by atoms with van der Waals surface area (Å²) in [5, 5.41) is 250. The Morgan fingerprint density at radius 1 is 0.184 bits per heavy atom. The predicted octanol–water partition coefficient (Wildman–Crippen LogP) is -15.4. The number of pyridine rings is 2. The standard InChI is InChI=1S/C58H88N2O38/c61-13-21-45-29(69)37(77)53(85-21)91-43-19(11-59-7-3-1-4-8-59)84-52(36(76)28(43)68)94-46-22(14-62)87-55(39(79)31(46)71)96-48-24(16-64)89-57(41(81)33(48)73)98-50-26(18-66)90-58(42(82)34(50)74)97-49-25(17-65)88-56(40(80)32(49)72)95-47-23(15-63)86-54(38(78)30(47)70)92-44-20(12-60-9-5-2-6-10-60)83-51(93-45)35(75)27(44)67/h1-10,19-58,61-82H,11-18H2/q+2/t19-,20-,21-,22-,23+,24-,25-,26-,27-,28+,29+,30-,31-,32-,33+,34-,35-,36+,37+,38-,39-,40-,41+,42-,43-,44-,45-,46-,47-,48-,49-,50-,51-,52-,53-,54-,55-,56-,57-,58-/m1/s1. The molecule has 0 spiro atoms. The molecule has 40 nitrogen and oxygen atoms in total. The molecule has 22 N–H and O–H groups in total. The number of hydrogen-bond donors (Lipinski definition) is 22. The molecule has 40 atom stereocenters. The van der Waals surface area contributed by atoms with Crippen molar-refractivity contribution in [1.29, 1.82) is 0 Å². The second-order valence-corrected chi connectivity index (χ2v) is 25.2. The van der Waals surface area contributed by atoms with Crippen LogP contribution in [0.4, 0.5) is 0 Å². The summed E-state index contributed by atoms with van der Waals surface area (Å²) in [6.07, 6.45) is -73.5. The van der Waals surface area contributed by atoms with Crippen molar-refractivity contribution >= 4 is 0 Å². The molecular weight excluding hydrogens is 1330 g/mol. The van der Waals surface area contributed by atoms with Crippen LogP contribution in [0.25, 0.3) is 0 Å². The monoisotopic (exact) mass is 1420 g/mol. The number of hydrogen-bond acceptors (Lipinski definition) is 38. The van der Waals surface area contributed by atoms with Crippen molar-refractivity contribution < 1.29 is 197 Å².